The first-order valence-corrected chi connectivity index (χ1v) is 7.59. The van der Waals surface area contributed by atoms with Gasteiger partial charge in [0.1, 0.15) is 11.6 Å². The Morgan fingerprint density at radius 2 is 2.14 bits per heavy atom. The molecule has 1 atom stereocenters. The van der Waals surface area contributed by atoms with Crippen molar-refractivity contribution in [1.82, 2.24) is 4.90 Å². The minimum Gasteiger partial charge on any atom is -0.465 e. The van der Waals surface area contributed by atoms with Crippen LogP contribution >= 0.6 is 15.9 Å². The number of benzene rings is 1. The zero-order valence-electron chi connectivity index (χ0n) is 11.2. The Labute approximate surface area is 129 Å². The second kappa shape index (κ2) is 5.52. The Morgan fingerprint density at radius 3 is 2.86 bits per heavy atom. The lowest BCUT2D eigenvalue weighted by atomic mass is 9.97. The van der Waals surface area contributed by atoms with Crippen molar-refractivity contribution >= 4 is 38.8 Å². The summed E-state index contributed by atoms with van der Waals surface area (Å²) >= 11 is 3.41. The highest BCUT2D eigenvalue weighted by Crippen LogP contribution is 2.29. The molecule has 0 aliphatic carbocycles. The molecule has 110 valence electrons. The van der Waals surface area contributed by atoms with Gasteiger partial charge in [-0.15, -0.1) is 0 Å². The molecule has 2 heterocycles. The number of hydrogen-bond donors (Lipinski definition) is 1. The van der Waals surface area contributed by atoms with Gasteiger partial charge in [-0.3, -0.25) is 9.69 Å². The van der Waals surface area contributed by atoms with Crippen molar-refractivity contribution in [1.29, 1.82) is 0 Å². The van der Waals surface area contributed by atoms with Crippen molar-refractivity contribution in [2.45, 2.75) is 25.3 Å². The molecule has 1 N–H and O–H groups in total. The summed E-state index contributed by atoms with van der Waals surface area (Å²) in [6.45, 7) is 0.398. The number of ketones is 1. The van der Waals surface area contributed by atoms with Gasteiger partial charge in [-0.2, -0.15) is 0 Å². The van der Waals surface area contributed by atoms with E-state index in [0.717, 1.165) is 22.7 Å². The molecule has 6 heteroatoms. The number of piperidine rings is 1. The van der Waals surface area contributed by atoms with E-state index in [1.165, 1.54) is 4.90 Å². The van der Waals surface area contributed by atoms with E-state index < -0.39 is 12.1 Å². The summed E-state index contributed by atoms with van der Waals surface area (Å²) in [5.74, 6) is -0.0461. The van der Waals surface area contributed by atoms with Gasteiger partial charge in [0, 0.05) is 16.4 Å². The number of nitrogens with zero attached hydrogens (tertiary/aromatic N) is 1. The number of carboxylic acid groups (broad SMARTS) is 1. The monoisotopic (exact) mass is 351 g/mol. The van der Waals surface area contributed by atoms with Gasteiger partial charge in [0.05, 0.1) is 0 Å². The third-order valence-corrected chi connectivity index (χ3v) is 4.49. The van der Waals surface area contributed by atoms with Crippen molar-refractivity contribution < 1.29 is 19.1 Å². The largest absolute Gasteiger partial charge is 0.465 e. The molecule has 0 saturated carbocycles. The molecule has 1 aliphatic rings. The predicted octanol–water partition coefficient (Wildman–Crippen LogP) is 3.91. The molecule has 1 fully saturated rings. The molecule has 1 aliphatic heterocycles. The van der Waals surface area contributed by atoms with Crippen LogP contribution in [0.2, 0.25) is 0 Å². The summed E-state index contributed by atoms with van der Waals surface area (Å²) in [5.41, 5.74) is 0.616. The number of hydrogen-bond acceptors (Lipinski definition) is 3. The van der Waals surface area contributed by atoms with E-state index in [1.54, 1.807) is 12.1 Å². The number of halogens is 1. The summed E-state index contributed by atoms with van der Waals surface area (Å²) in [6, 6.07) is 6.52. The van der Waals surface area contributed by atoms with Crippen LogP contribution in [0.1, 0.15) is 29.8 Å². The van der Waals surface area contributed by atoms with Crippen molar-refractivity contribution in [2.75, 3.05) is 6.54 Å². The minimum absolute atomic E-state index is 0.218. The van der Waals surface area contributed by atoms with Gasteiger partial charge in [0.25, 0.3) is 0 Å². The first kappa shape index (κ1) is 14.1. The maximum absolute atomic E-state index is 12.6. The second-order valence-corrected chi connectivity index (χ2v) is 5.97. The summed E-state index contributed by atoms with van der Waals surface area (Å²) in [4.78, 5) is 25.1. The quantitative estimate of drug-likeness (QED) is 0.832. The molecule has 1 aromatic carbocycles. The van der Waals surface area contributed by atoms with E-state index >= 15 is 0 Å². The molecule has 2 aromatic rings. The fourth-order valence-corrected chi connectivity index (χ4v) is 3.21. The van der Waals surface area contributed by atoms with E-state index in [4.69, 9.17) is 4.42 Å². The first-order chi connectivity index (χ1) is 10.1. The van der Waals surface area contributed by atoms with Crippen LogP contribution in [0.25, 0.3) is 11.0 Å². The zero-order chi connectivity index (χ0) is 15.0. The second-order valence-electron chi connectivity index (χ2n) is 5.11. The molecule has 5 nitrogen and oxygen atoms in total. The van der Waals surface area contributed by atoms with Crippen LogP contribution < -0.4 is 0 Å². The van der Waals surface area contributed by atoms with Crippen LogP contribution in [0.5, 0.6) is 0 Å². The number of carbonyl (C=O) groups excluding carboxylic acids is 1. The molecule has 1 aromatic heterocycles. The Bertz CT molecular complexity index is 709. The van der Waals surface area contributed by atoms with Crippen molar-refractivity contribution in [3.8, 4) is 0 Å². The van der Waals surface area contributed by atoms with Crippen LogP contribution in [0, 0.1) is 0 Å². The fraction of sp³-hybridized carbons (Fsp3) is 0.333. The van der Waals surface area contributed by atoms with Crippen LogP contribution in [0.3, 0.4) is 0 Å². The summed E-state index contributed by atoms with van der Waals surface area (Å²) in [5, 5.41) is 10.0. The fourth-order valence-electron chi connectivity index (χ4n) is 2.74. The molecule has 0 bridgehead atoms. The predicted molar refractivity (Wildman–Crippen MR) is 80.6 cm³/mol. The normalized spacial score (nSPS) is 18.9. The summed E-state index contributed by atoms with van der Waals surface area (Å²) in [6.07, 6.45) is 1.14. The van der Waals surface area contributed by atoms with Gasteiger partial charge in [-0.25, -0.2) is 4.79 Å². The number of amides is 1. The first-order valence-electron chi connectivity index (χ1n) is 6.80. The molecule has 3 rings (SSSR count). The number of likely N-dealkylation sites (tertiary alicyclic amines) is 1. The SMILES string of the molecule is O=C(c1cc2c(Br)cccc2o1)C1CCCCN1C(=O)O. The molecule has 1 amide bonds. The van der Waals surface area contributed by atoms with E-state index in [9.17, 15) is 14.7 Å². The van der Waals surface area contributed by atoms with Gasteiger partial charge >= 0.3 is 6.09 Å². The average molecular weight is 352 g/mol. The molecule has 0 spiro atoms. The minimum atomic E-state index is -1.05. The van der Waals surface area contributed by atoms with Gasteiger partial charge < -0.3 is 9.52 Å². The average Bonchev–Trinajstić information content (AvgIpc) is 2.92. The van der Waals surface area contributed by atoms with Crippen LogP contribution in [-0.2, 0) is 0 Å². The molecular weight excluding hydrogens is 338 g/mol. The molecule has 1 saturated heterocycles. The van der Waals surface area contributed by atoms with Crippen molar-refractivity contribution in [3.05, 3.63) is 34.5 Å². The zero-order valence-corrected chi connectivity index (χ0v) is 12.8. The van der Waals surface area contributed by atoms with Gasteiger partial charge in [-0.05, 0) is 37.5 Å². The topological polar surface area (TPSA) is 70.8 Å². The maximum Gasteiger partial charge on any atom is 0.407 e. The third kappa shape index (κ3) is 2.55. The molecular formula is C15H14BrNO4. The highest BCUT2D eigenvalue weighted by Gasteiger charge is 2.34. The van der Waals surface area contributed by atoms with Gasteiger partial charge in [0.15, 0.2) is 5.76 Å². The van der Waals surface area contributed by atoms with Crippen molar-refractivity contribution in [2.24, 2.45) is 0 Å². The van der Waals surface area contributed by atoms with Crippen molar-refractivity contribution in [3.63, 3.8) is 0 Å². The van der Waals surface area contributed by atoms with Crippen LogP contribution in [-0.4, -0.2) is 34.5 Å². The maximum atomic E-state index is 12.6. The third-order valence-electron chi connectivity index (χ3n) is 3.80. The molecule has 0 radical (unpaired) electrons. The van der Waals surface area contributed by atoms with Gasteiger partial charge in [0.2, 0.25) is 5.78 Å². The van der Waals surface area contributed by atoms with E-state index in [2.05, 4.69) is 15.9 Å². The highest BCUT2D eigenvalue weighted by molar-refractivity contribution is 9.10. The molecule has 21 heavy (non-hydrogen) atoms. The van der Waals surface area contributed by atoms with Gasteiger partial charge in [-0.1, -0.05) is 22.0 Å². The van der Waals surface area contributed by atoms with E-state index in [-0.39, 0.29) is 11.5 Å². The summed E-state index contributed by atoms with van der Waals surface area (Å²) < 4.78 is 6.44. The van der Waals surface area contributed by atoms with E-state index in [0.29, 0.717) is 18.5 Å². The Balaban J connectivity index is 1.95. The number of furan rings is 1. The van der Waals surface area contributed by atoms with Crippen LogP contribution in [0.15, 0.2) is 33.2 Å². The number of fused-ring (bicyclic) bond motifs is 1. The number of Topliss-reactive ketones (excluding diaryl/α,β-unsaturated/α-hetero) is 1. The van der Waals surface area contributed by atoms with Crippen LogP contribution in [0.4, 0.5) is 4.79 Å². The lowest BCUT2D eigenvalue weighted by Crippen LogP contribution is -2.47. The van der Waals surface area contributed by atoms with E-state index in [1.807, 2.05) is 12.1 Å². The Morgan fingerprint density at radius 1 is 1.33 bits per heavy atom. The standard InChI is InChI=1S/C15H14BrNO4/c16-10-4-3-6-12-9(10)8-13(21-12)14(18)11-5-1-2-7-17(11)15(19)20/h3-4,6,8,11H,1-2,5,7H2,(H,19,20). The molecule has 1 unspecified atom stereocenters. The summed E-state index contributed by atoms with van der Waals surface area (Å²) in [7, 11) is 0. The lowest BCUT2D eigenvalue weighted by Gasteiger charge is -2.31. The highest BCUT2D eigenvalue weighted by atomic mass is 79.9. The Hall–Kier alpha value is -1.82. The number of carbonyl (C=O) groups is 2. The lowest BCUT2D eigenvalue weighted by molar-refractivity contribution is 0.0691. The number of rotatable bonds is 2. The Kier molecular flexibility index (Phi) is 3.71. The smallest absolute Gasteiger partial charge is 0.407 e.